The smallest absolute Gasteiger partial charge is 0.156 e. The second-order valence-electron chi connectivity index (χ2n) is 9.91. The minimum absolute atomic E-state index is 0.0809. The van der Waals surface area contributed by atoms with E-state index in [0.29, 0.717) is 17.3 Å². The average molecular weight is 519 g/mol. The number of halogens is 2. The highest BCUT2D eigenvalue weighted by atomic mass is 32.2. The van der Waals surface area contributed by atoms with Gasteiger partial charge in [0.2, 0.25) is 0 Å². The monoisotopic (exact) mass is 518 g/mol. The molecule has 1 aliphatic heterocycles. The van der Waals surface area contributed by atoms with Crippen LogP contribution in [-0.4, -0.2) is 71.3 Å². The van der Waals surface area contributed by atoms with Gasteiger partial charge in [-0.05, 0) is 31.9 Å². The summed E-state index contributed by atoms with van der Waals surface area (Å²) in [6.07, 6.45) is 4.84. The Balaban J connectivity index is 1.58. The van der Waals surface area contributed by atoms with Crippen LogP contribution in [0.3, 0.4) is 0 Å². The molecule has 4 rings (SSSR count). The van der Waals surface area contributed by atoms with Crippen molar-refractivity contribution in [1.82, 2.24) is 24.9 Å². The van der Waals surface area contributed by atoms with Gasteiger partial charge in [0.15, 0.2) is 21.5 Å². The topological polar surface area (TPSA) is 84.2 Å². The van der Waals surface area contributed by atoms with Gasteiger partial charge >= 0.3 is 0 Å². The molecule has 194 valence electrons. The summed E-state index contributed by atoms with van der Waals surface area (Å²) in [5.74, 6) is -2.51. The molecule has 0 amide bonds. The van der Waals surface area contributed by atoms with Crippen molar-refractivity contribution in [2.45, 2.75) is 39.5 Å². The lowest BCUT2D eigenvalue weighted by molar-refractivity contribution is 0.209. The summed E-state index contributed by atoms with van der Waals surface area (Å²) in [4.78, 5) is 9.01. The highest BCUT2D eigenvalue weighted by Gasteiger charge is 2.23. The number of hydrogen-bond acceptors (Lipinski definition) is 7. The molecule has 1 saturated heterocycles. The number of piperazine rings is 1. The van der Waals surface area contributed by atoms with E-state index >= 15 is 4.39 Å². The summed E-state index contributed by atoms with van der Waals surface area (Å²) in [7, 11) is -3.55. The van der Waals surface area contributed by atoms with Gasteiger partial charge < -0.3 is 4.90 Å². The summed E-state index contributed by atoms with van der Waals surface area (Å²) in [5.41, 5.74) is 1.46. The first-order valence-corrected chi connectivity index (χ1v) is 13.9. The lowest BCUT2D eigenvalue weighted by atomic mass is 10.1. The second-order valence-corrected chi connectivity index (χ2v) is 12.0. The van der Waals surface area contributed by atoms with Gasteiger partial charge in [-0.15, -0.1) is 5.10 Å². The Morgan fingerprint density at radius 3 is 2.42 bits per heavy atom. The Labute approximate surface area is 210 Å². The Kier molecular flexibility index (Phi) is 7.70. The minimum Gasteiger partial charge on any atom is -0.368 e. The molecule has 1 aliphatic rings. The summed E-state index contributed by atoms with van der Waals surface area (Å²) in [5, 5.41) is 8.04. The van der Waals surface area contributed by atoms with E-state index in [9.17, 15) is 12.8 Å². The Bertz CT molecular complexity index is 1320. The molecule has 0 radical (unpaired) electrons. The van der Waals surface area contributed by atoms with E-state index in [1.807, 2.05) is 6.07 Å². The highest BCUT2D eigenvalue weighted by Crippen LogP contribution is 2.27. The molecule has 2 aromatic heterocycles. The van der Waals surface area contributed by atoms with Crippen LogP contribution in [0.5, 0.6) is 0 Å². The van der Waals surface area contributed by atoms with Crippen molar-refractivity contribution in [2.75, 3.05) is 36.8 Å². The molecule has 0 atom stereocenters. The van der Waals surface area contributed by atoms with E-state index in [4.69, 9.17) is 0 Å². The van der Waals surface area contributed by atoms with E-state index < -0.39 is 32.9 Å². The van der Waals surface area contributed by atoms with Crippen molar-refractivity contribution in [3.05, 3.63) is 54.0 Å². The van der Waals surface area contributed by atoms with Gasteiger partial charge in [0.1, 0.15) is 11.4 Å². The summed E-state index contributed by atoms with van der Waals surface area (Å²) < 4.78 is 55.7. The number of nitrogens with zero attached hydrogens (tertiary/aromatic N) is 6. The first-order valence-electron chi connectivity index (χ1n) is 12.1. The van der Waals surface area contributed by atoms with Crippen LogP contribution in [0.2, 0.25) is 0 Å². The van der Waals surface area contributed by atoms with Crippen LogP contribution in [0.4, 0.5) is 14.5 Å². The second kappa shape index (κ2) is 10.6. The first kappa shape index (κ1) is 26.2. The van der Waals surface area contributed by atoms with Crippen LogP contribution in [0.15, 0.2) is 36.8 Å². The maximum Gasteiger partial charge on any atom is 0.156 e. The van der Waals surface area contributed by atoms with Gasteiger partial charge in [-0.1, -0.05) is 25.1 Å². The van der Waals surface area contributed by atoms with Gasteiger partial charge in [0.05, 0.1) is 29.6 Å². The van der Waals surface area contributed by atoms with Gasteiger partial charge in [0.25, 0.3) is 0 Å². The van der Waals surface area contributed by atoms with E-state index in [1.54, 1.807) is 26.2 Å². The molecule has 0 N–H and O–H groups in total. The molecule has 0 saturated carbocycles. The van der Waals surface area contributed by atoms with E-state index in [0.717, 1.165) is 48.7 Å². The predicted molar refractivity (Wildman–Crippen MR) is 136 cm³/mol. The van der Waals surface area contributed by atoms with Gasteiger partial charge in [-0.25, -0.2) is 21.9 Å². The normalized spacial score (nSPS) is 15.3. The predicted octanol–water partition coefficient (Wildman–Crippen LogP) is 3.71. The zero-order chi connectivity index (χ0) is 26.0. The number of benzene rings is 1. The Hall–Kier alpha value is -2.92. The number of pyridine rings is 1. The standard InChI is InChI=1S/C25H32F2N6O2S/c1-17(2)15-36(34,35)16-19-5-6-22(26)25(24(19)27)33-14-23(29-30-33)20-11-21(13-28-12-20)32-9-7-31(8-10-32)18(3)4/h5-6,11-14,17-18H,7-10,15-16H2,1-4H3. The van der Waals surface area contributed by atoms with Crippen molar-refractivity contribution in [1.29, 1.82) is 0 Å². The molecule has 8 nitrogen and oxygen atoms in total. The number of aromatic nitrogens is 4. The summed E-state index contributed by atoms with van der Waals surface area (Å²) >= 11 is 0. The molecular weight excluding hydrogens is 486 g/mol. The van der Waals surface area contributed by atoms with Crippen molar-refractivity contribution >= 4 is 15.5 Å². The maximum atomic E-state index is 15.3. The molecule has 3 heterocycles. The SMILES string of the molecule is CC(C)CS(=O)(=O)Cc1ccc(F)c(-n2cc(-c3cncc(N4CCN(C(C)C)CC4)c3)nn2)c1F. The maximum absolute atomic E-state index is 15.3. The molecule has 1 aromatic carbocycles. The Morgan fingerprint density at radius 1 is 1.03 bits per heavy atom. The number of anilines is 1. The van der Waals surface area contributed by atoms with Crippen molar-refractivity contribution in [2.24, 2.45) is 5.92 Å². The highest BCUT2D eigenvalue weighted by molar-refractivity contribution is 7.90. The van der Waals surface area contributed by atoms with E-state index in [2.05, 4.69) is 38.9 Å². The van der Waals surface area contributed by atoms with Crippen LogP contribution >= 0.6 is 0 Å². The van der Waals surface area contributed by atoms with Gasteiger partial charge in [-0.3, -0.25) is 9.88 Å². The lowest BCUT2D eigenvalue weighted by Gasteiger charge is -2.38. The van der Waals surface area contributed by atoms with Crippen LogP contribution < -0.4 is 4.90 Å². The molecule has 0 bridgehead atoms. The summed E-state index contributed by atoms with van der Waals surface area (Å²) in [6.45, 7) is 11.6. The van der Waals surface area contributed by atoms with Crippen molar-refractivity contribution in [3.63, 3.8) is 0 Å². The first-order chi connectivity index (χ1) is 17.0. The number of hydrogen-bond donors (Lipinski definition) is 0. The zero-order valence-corrected chi connectivity index (χ0v) is 21.8. The molecular formula is C25H32F2N6O2S. The van der Waals surface area contributed by atoms with Crippen LogP contribution in [0.1, 0.15) is 33.3 Å². The summed E-state index contributed by atoms with van der Waals surface area (Å²) in [6, 6.07) is 4.66. The molecule has 3 aromatic rings. The molecule has 1 fully saturated rings. The van der Waals surface area contributed by atoms with Crippen LogP contribution in [0, 0.1) is 17.6 Å². The van der Waals surface area contributed by atoms with Crippen LogP contribution in [0.25, 0.3) is 16.9 Å². The Morgan fingerprint density at radius 2 is 1.75 bits per heavy atom. The van der Waals surface area contributed by atoms with Crippen LogP contribution in [-0.2, 0) is 15.6 Å². The molecule has 0 unspecified atom stereocenters. The fraction of sp³-hybridized carbons (Fsp3) is 0.480. The number of sulfone groups is 1. The third-order valence-corrected chi connectivity index (χ3v) is 8.19. The molecule has 36 heavy (non-hydrogen) atoms. The van der Waals surface area contributed by atoms with Gasteiger partial charge in [-0.2, -0.15) is 0 Å². The van der Waals surface area contributed by atoms with Crippen molar-refractivity contribution in [3.8, 4) is 16.9 Å². The minimum atomic E-state index is -3.55. The zero-order valence-electron chi connectivity index (χ0n) is 21.0. The van der Waals surface area contributed by atoms with E-state index in [1.165, 1.54) is 6.20 Å². The lowest BCUT2D eigenvalue weighted by Crippen LogP contribution is -2.48. The fourth-order valence-electron chi connectivity index (χ4n) is 4.45. The third kappa shape index (κ3) is 5.89. The molecule has 0 spiro atoms. The van der Waals surface area contributed by atoms with Crippen molar-refractivity contribution < 1.29 is 17.2 Å². The molecule has 0 aliphatic carbocycles. The largest absolute Gasteiger partial charge is 0.368 e. The fourth-order valence-corrected chi connectivity index (χ4v) is 6.28. The average Bonchev–Trinajstić information content (AvgIpc) is 3.30. The number of rotatable bonds is 8. The van der Waals surface area contributed by atoms with Gasteiger partial charge in [0, 0.05) is 49.5 Å². The molecule has 11 heteroatoms. The third-order valence-electron chi connectivity index (χ3n) is 6.26. The van der Waals surface area contributed by atoms with E-state index in [-0.39, 0.29) is 17.2 Å². The quantitative estimate of drug-likeness (QED) is 0.450.